The summed E-state index contributed by atoms with van der Waals surface area (Å²) < 4.78 is 9.28. The molecule has 2 aromatic carbocycles. The monoisotopic (exact) mass is 569 g/mol. The lowest BCUT2D eigenvalue weighted by Gasteiger charge is -2.13. The second-order valence-electron chi connectivity index (χ2n) is 8.10. The van der Waals surface area contributed by atoms with Crippen molar-refractivity contribution in [3.05, 3.63) is 70.7 Å². The Labute approximate surface area is 215 Å². The second kappa shape index (κ2) is 10.1. The fourth-order valence-electron chi connectivity index (χ4n) is 3.53. The summed E-state index contributed by atoms with van der Waals surface area (Å²) in [5, 5.41) is 9.64. The number of ether oxygens (including phenoxy) is 2. The molecule has 3 atom stereocenters. The summed E-state index contributed by atoms with van der Waals surface area (Å²) in [6.45, 7) is 3.71. The van der Waals surface area contributed by atoms with Gasteiger partial charge in [0.15, 0.2) is 0 Å². The van der Waals surface area contributed by atoms with Gasteiger partial charge in [0, 0.05) is 5.56 Å². The second-order valence-corrected chi connectivity index (χ2v) is 11.2. The van der Waals surface area contributed by atoms with E-state index in [0.29, 0.717) is 17.1 Å². The van der Waals surface area contributed by atoms with Crippen molar-refractivity contribution < 1.29 is 19.1 Å². The summed E-state index contributed by atoms with van der Waals surface area (Å²) in [5.74, 6) is -1.02. The van der Waals surface area contributed by atoms with Gasteiger partial charge in [0.05, 0.1) is 10.4 Å². The summed E-state index contributed by atoms with van der Waals surface area (Å²) in [4.78, 5) is 25.0. The Morgan fingerprint density at radius 3 is 2.36 bits per heavy atom. The SMILES string of the molecule is CC1(C)C(/C=C(\Br)C(=O)C(Cl)(Cl)Cl)C1C(=O)OC(C#N)c1cccc(Oc2ccccc2)c1. The molecule has 0 aromatic heterocycles. The van der Waals surface area contributed by atoms with Crippen molar-refractivity contribution in [3.63, 3.8) is 0 Å². The van der Waals surface area contributed by atoms with E-state index in [-0.39, 0.29) is 10.4 Å². The van der Waals surface area contributed by atoms with Crippen LogP contribution >= 0.6 is 50.7 Å². The summed E-state index contributed by atoms with van der Waals surface area (Å²) >= 11 is 20.1. The third-order valence-corrected chi connectivity index (χ3v) is 6.60. The molecule has 1 saturated carbocycles. The number of alkyl halides is 3. The van der Waals surface area contributed by atoms with Gasteiger partial charge in [-0.15, -0.1) is 0 Å². The van der Waals surface area contributed by atoms with E-state index < -0.39 is 33.0 Å². The molecular formula is C24H19BrCl3NO4. The zero-order valence-corrected chi connectivity index (χ0v) is 21.5. The number of esters is 1. The highest BCUT2D eigenvalue weighted by atomic mass is 79.9. The van der Waals surface area contributed by atoms with E-state index in [2.05, 4.69) is 15.9 Å². The van der Waals surface area contributed by atoms with Crippen LogP contribution in [0.2, 0.25) is 0 Å². The first-order valence-corrected chi connectivity index (χ1v) is 11.8. The summed E-state index contributed by atoms with van der Waals surface area (Å²) in [7, 11) is 0. The first kappa shape index (κ1) is 25.6. The average molecular weight is 572 g/mol. The van der Waals surface area contributed by atoms with E-state index in [1.807, 2.05) is 50.2 Å². The maximum Gasteiger partial charge on any atom is 0.311 e. The number of hydrogen-bond donors (Lipinski definition) is 0. The van der Waals surface area contributed by atoms with Crippen LogP contribution in [-0.4, -0.2) is 15.5 Å². The molecule has 172 valence electrons. The van der Waals surface area contributed by atoms with E-state index in [1.54, 1.807) is 30.3 Å². The molecule has 0 spiro atoms. The highest BCUT2D eigenvalue weighted by Gasteiger charge is 2.62. The van der Waals surface area contributed by atoms with E-state index in [1.165, 1.54) is 0 Å². The maximum absolute atomic E-state index is 12.9. The van der Waals surface area contributed by atoms with Gasteiger partial charge in [0.1, 0.15) is 17.6 Å². The van der Waals surface area contributed by atoms with Crippen molar-refractivity contribution in [1.82, 2.24) is 0 Å². The fraction of sp³-hybridized carbons (Fsp3) is 0.292. The molecule has 2 aromatic rings. The number of carbonyl (C=O) groups excluding carboxylic acids is 2. The van der Waals surface area contributed by atoms with Gasteiger partial charge in [0.2, 0.25) is 11.9 Å². The molecule has 0 amide bonds. The van der Waals surface area contributed by atoms with Crippen LogP contribution in [0, 0.1) is 28.6 Å². The van der Waals surface area contributed by atoms with Gasteiger partial charge in [-0.3, -0.25) is 9.59 Å². The van der Waals surface area contributed by atoms with E-state index in [4.69, 9.17) is 44.3 Å². The number of nitrogens with zero attached hydrogens (tertiary/aromatic N) is 1. The number of halogens is 4. The van der Waals surface area contributed by atoms with Gasteiger partial charge in [-0.2, -0.15) is 5.26 Å². The molecule has 0 radical (unpaired) electrons. The van der Waals surface area contributed by atoms with Crippen LogP contribution in [0.3, 0.4) is 0 Å². The normalized spacial score (nSPS) is 20.3. The number of allylic oxidation sites excluding steroid dienone is 2. The fourth-order valence-corrected chi connectivity index (χ4v) is 4.76. The lowest BCUT2D eigenvalue weighted by Crippen LogP contribution is -2.18. The quantitative estimate of drug-likeness (QED) is 0.202. The largest absolute Gasteiger partial charge is 0.457 e. The highest BCUT2D eigenvalue weighted by Crippen LogP contribution is 2.60. The van der Waals surface area contributed by atoms with Crippen molar-refractivity contribution in [1.29, 1.82) is 5.26 Å². The van der Waals surface area contributed by atoms with Crippen molar-refractivity contribution in [2.75, 3.05) is 0 Å². The van der Waals surface area contributed by atoms with Crippen LogP contribution in [0.5, 0.6) is 11.5 Å². The number of rotatable bonds is 7. The number of benzene rings is 2. The molecule has 1 aliphatic carbocycles. The van der Waals surface area contributed by atoms with Gasteiger partial charge >= 0.3 is 5.97 Å². The predicted molar refractivity (Wildman–Crippen MR) is 130 cm³/mol. The van der Waals surface area contributed by atoms with Crippen molar-refractivity contribution in [2.45, 2.75) is 23.7 Å². The Morgan fingerprint density at radius 2 is 1.76 bits per heavy atom. The molecule has 9 heteroatoms. The molecule has 0 bridgehead atoms. The minimum absolute atomic E-state index is 0.0680. The molecule has 0 N–H and O–H groups in total. The topological polar surface area (TPSA) is 76.4 Å². The van der Waals surface area contributed by atoms with Crippen LogP contribution in [0.1, 0.15) is 25.5 Å². The molecule has 0 heterocycles. The van der Waals surface area contributed by atoms with Crippen molar-refractivity contribution >= 4 is 62.5 Å². The molecule has 3 rings (SSSR count). The minimum atomic E-state index is -2.11. The first-order chi connectivity index (χ1) is 15.4. The van der Waals surface area contributed by atoms with Crippen LogP contribution in [0.15, 0.2) is 65.2 Å². The number of nitriles is 1. The van der Waals surface area contributed by atoms with Gasteiger partial charge in [-0.05, 0) is 51.5 Å². The number of hydrogen-bond acceptors (Lipinski definition) is 5. The number of para-hydroxylation sites is 1. The molecule has 5 nitrogen and oxygen atoms in total. The predicted octanol–water partition coefficient (Wildman–Crippen LogP) is 7.08. The lowest BCUT2D eigenvalue weighted by atomic mass is 10.1. The standard InChI is InChI=1S/C24H19BrCl3NO4/c1-23(2)17(12-18(25)21(30)24(26,27)28)20(23)22(31)33-19(13-29)14-7-6-10-16(11-14)32-15-8-4-3-5-9-15/h3-12,17,19-20H,1-2H3/b18-12-. The van der Waals surface area contributed by atoms with Gasteiger partial charge in [-0.25, -0.2) is 0 Å². The molecule has 33 heavy (non-hydrogen) atoms. The molecule has 1 fully saturated rings. The van der Waals surface area contributed by atoms with Gasteiger partial charge in [-0.1, -0.05) is 85.1 Å². The number of Topliss-reactive ketones (excluding diaryl/α,β-unsaturated/α-hetero) is 1. The van der Waals surface area contributed by atoms with Crippen LogP contribution < -0.4 is 4.74 Å². The molecule has 3 unspecified atom stereocenters. The number of carbonyl (C=O) groups is 2. The number of ketones is 1. The van der Waals surface area contributed by atoms with Crippen LogP contribution in [-0.2, 0) is 14.3 Å². The lowest BCUT2D eigenvalue weighted by molar-refractivity contribution is -0.149. The molecule has 0 saturated heterocycles. The van der Waals surface area contributed by atoms with E-state index in [0.717, 1.165) is 0 Å². The maximum atomic E-state index is 12.9. The van der Waals surface area contributed by atoms with Crippen LogP contribution in [0.25, 0.3) is 0 Å². The Bertz CT molecular complexity index is 1120. The zero-order valence-electron chi connectivity index (χ0n) is 17.6. The van der Waals surface area contributed by atoms with E-state index in [9.17, 15) is 14.9 Å². The zero-order chi connectivity index (χ0) is 24.4. The van der Waals surface area contributed by atoms with Crippen molar-refractivity contribution in [3.8, 4) is 17.6 Å². The molecular weight excluding hydrogens is 553 g/mol. The summed E-state index contributed by atoms with van der Waals surface area (Å²) in [6, 6.07) is 18.0. The summed E-state index contributed by atoms with van der Waals surface area (Å²) in [5.41, 5.74) is -0.0141. The Morgan fingerprint density at radius 1 is 1.12 bits per heavy atom. The molecule has 1 aliphatic rings. The first-order valence-electron chi connectivity index (χ1n) is 9.87. The van der Waals surface area contributed by atoms with Gasteiger partial charge < -0.3 is 9.47 Å². The van der Waals surface area contributed by atoms with Crippen LogP contribution in [0.4, 0.5) is 0 Å². The molecule has 0 aliphatic heterocycles. The smallest absolute Gasteiger partial charge is 0.311 e. The summed E-state index contributed by atoms with van der Waals surface area (Å²) in [6.07, 6.45) is 0.426. The minimum Gasteiger partial charge on any atom is -0.457 e. The van der Waals surface area contributed by atoms with E-state index >= 15 is 0 Å². The third-order valence-electron chi connectivity index (χ3n) is 5.46. The Kier molecular flexibility index (Phi) is 7.80. The highest BCUT2D eigenvalue weighted by molar-refractivity contribution is 9.12. The average Bonchev–Trinajstić information content (AvgIpc) is 3.31. The van der Waals surface area contributed by atoms with Gasteiger partial charge in [0.25, 0.3) is 3.79 Å². The van der Waals surface area contributed by atoms with Crippen molar-refractivity contribution in [2.24, 2.45) is 17.3 Å². The Balaban J connectivity index is 1.72. The Hall–Kier alpha value is -2.04. The third kappa shape index (κ3) is 6.10.